The van der Waals surface area contributed by atoms with Crippen LogP contribution in [0.3, 0.4) is 0 Å². The first-order valence-electron chi connectivity index (χ1n) is 6.17. The molecule has 0 radical (unpaired) electrons. The van der Waals surface area contributed by atoms with E-state index >= 15 is 0 Å². The normalized spacial score (nSPS) is 12.7. The third kappa shape index (κ3) is 3.22. The molecule has 0 amide bonds. The number of aromatic nitrogens is 2. The van der Waals surface area contributed by atoms with E-state index in [4.69, 9.17) is 0 Å². The average Bonchev–Trinajstić information content (AvgIpc) is 2.75. The lowest BCUT2D eigenvalue weighted by atomic mass is 10.1. The van der Waals surface area contributed by atoms with Gasteiger partial charge >= 0.3 is 0 Å². The van der Waals surface area contributed by atoms with Gasteiger partial charge in [-0.25, -0.2) is 4.39 Å². The summed E-state index contributed by atoms with van der Waals surface area (Å²) < 4.78 is 15.4. The summed E-state index contributed by atoms with van der Waals surface area (Å²) in [5.41, 5.74) is 2.55. The van der Waals surface area contributed by atoms with Gasteiger partial charge in [-0.2, -0.15) is 5.10 Å². The number of hydrogen-bond donors (Lipinski definition) is 1. The van der Waals surface area contributed by atoms with Crippen LogP contribution in [0.25, 0.3) is 0 Å². The van der Waals surface area contributed by atoms with Gasteiger partial charge in [0.15, 0.2) is 0 Å². The number of hydrogen-bond acceptors (Lipinski definition) is 2. The molecule has 0 saturated heterocycles. The van der Waals surface area contributed by atoms with E-state index in [1.54, 1.807) is 16.8 Å². The van der Waals surface area contributed by atoms with Crippen LogP contribution < -0.4 is 0 Å². The van der Waals surface area contributed by atoms with Gasteiger partial charge in [0, 0.05) is 13.0 Å². The monoisotopic (exact) mass is 326 g/mol. The van der Waals surface area contributed by atoms with Crippen LogP contribution in [0.4, 0.5) is 4.39 Å². The Bertz CT molecular complexity index is 583. The van der Waals surface area contributed by atoms with Gasteiger partial charge in [-0.1, -0.05) is 6.07 Å². The Morgan fingerprint density at radius 1 is 1.42 bits per heavy atom. The Hall–Kier alpha value is -1.20. The molecule has 1 heterocycles. The highest BCUT2D eigenvalue weighted by Gasteiger charge is 2.15. The Labute approximate surface area is 120 Å². The largest absolute Gasteiger partial charge is 0.386 e. The number of aryl methyl sites for hydroxylation is 2. The summed E-state index contributed by atoms with van der Waals surface area (Å²) in [6.45, 7) is 4.60. The minimum atomic E-state index is -0.640. The molecule has 0 aliphatic carbocycles. The molecule has 3 nitrogen and oxygen atoms in total. The smallest absolute Gasteiger partial charge is 0.137 e. The first-order chi connectivity index (χ1) is 9.01. The summed E-state index contributed by atoms with van der Waals surface area (Å²) in [6, 6.07) is 6.65. The van der Waals surface area contributed by atoms with Crippen LogP contribution in [0, 0.1) is 12.7 Å². The zero-order valence-corrected chi connectivity index (χ0v) is 12.5. The van der Waals surface area contributed by atoms with Gasteiger partial charge in [0.1, 0.15) is 5.82 Å². The number of rotatable bonds is 4. The SMILES string of the molecule is CCn1nc(C)cc1C(O)Cc1ccc(F)c(Br)c1. The molecule has 1 atom stereocenters. The van der Waals surface area contributed by atoms with E-state index in [1.165, 1.54) is 6.07 Å². The van der Waals surface area contributed by atoms with Gasteiger partial charge in [-0.05, 0) is 53.5 Å². The van der Waals surface area contributed by atoms with Crippen LogP contribution in [0.5, 0.6) is 0 Å². The first-order valence-corrected chi connectivity index (χ1v) is 6.97. The minimum absolute atomic E-state index is 0.298. The lowest BCUT2D eigenvalue weighted by Crippen LogP contribution is -2.10. The van der Waals surface area contributed by atoms with Crippen molar-refractivity contribution >= 4 is 15.9 Å². The summed E-state index contributed by atoms with van der Waals surface area (Å²) in [5.74, 6) is -0.298. The van der Waals surface area contributed by atoms with Gasteiger partial charge in [0.25, 0.3) is 0 Å². The summed E-state index contributed by atoms with van der Waals surface area (Å²) in [4.78, 5) is 0. The van der Waals surface area contributed by atoms with Crippen LogP contribution >= 0.6 is 15.9 Å². The highest BCUT2D eigenvalue weighted by Crippen LogP contribution is 2.23. The lowest BCUT2D eigenvalue weighted by molar-refractivity contribution is 0.167. The molecule has 0 spiro atoms. The highest BCUT2D eigenvalue weighted by molar-refractivity contribution is 9.10. The predicted octanol–water partition coefficient (Wildman–Crippen LogP) is 3.39. The second-order valence-corrected chi connectivity index (χ2v) is 5.35. The first kappa shape index (κ1) is 14.2. The van der Waals surface area contributed by atoms with Crippen molar-refractivity contribution < 1.29 is 9.50 Å². The summed E-state index contributed by atoms with van der Waals surface area (Å²) >= 11 is 3.15. The molecule has 0 fully saturated rings. The fraction of sp³-hybridized carbons (Fsp3) is 0.357. The Morgan fingerprint density at radius 3 is 2.79 bits per heavy atom. The molecular formula is C14H16BrFN2O. The molecule has 19 heavy (non-hydrogen) atoms. The molecule has 0 saturated carbocycles. The lowest BCUT2D eigenvalue weighted by Gasteiger charge is -2.12. The molecule has 0 aliphatic heterocycles. The molecule has 1 aromatic heterocycles. The number of halogens is 2. The Kier molecular flexibility index (Phi) is 4.37. The van der Waals surface area contributed by atoms with Crippen LogP contribution in [-0.4, -0.2) is 14.9 Å². The number of aliphatic hydroxyl groups is 1. The van der Waals surface area contributed by atoms with E-state index in [0.717, 1.165) is 17.0 Å². The van der Waals surface area contributed by atoms with Crippen LogP contribution in [0.15, 0.2) is 28.7 Å². The Balaban J connectivity index is 2.20. The Morgan fingerprint density at radius 2 is 2.16 bits per heavy atom. The maximum Gasteiger partial charge on any atom is 0.137 e. The van der Waals surface area contributed by atoms with Crippen LogP contribution in [0.2, 0.25) is 0 Å². The minimum Gasteiger partial charge on any atom is -0.386 e. The number of benzene rings is 1. The zero-order chi connectivity index (χ0) is 14.0. The maximum absolute atomic E-state index is 13.2. The number of nitrogens with zero attached hydrogens (tertiary/aromatic N) is 2. The average molecular weight is 327 g/mol. The second kappa shape index (κ2) is 5.84. The molecule has 0 bridgehead atoms. The molecule has 2 rings (SSSR count). The summed E-state index contributed by atoms with van der Waals surface area (Å²) in [5, 5.41) is 14.6. The van der Waals surface area contributed by atoms with Gasteiger partial charge in [-0.15, -0.1) is 0 Å². The molecule has 1 unspecified atom stereocenters. The third-order valence-corrected chi connectivity index (χ3v) is 3.59. The molecule has 0 aliphatic rings. The van der Waals surface area contributed by atoms with Crippen molar-refractivity contribution in [2.24, 2.45) is 0 Å². The quantitative estimate of drug-likeness (QED) is 0.935. The molecule has 2 aromatic rings. The van der Waals surface area contributed by atoms with E-state index in [0.29, 0.717) is 17.4 Å². The van der Waals surface area contributed by atoms with Gasteiger partial charge < -0.3 is 5.11 Å². The van der Waals surface area contributed by atoms with Crippen molar-refractivity contribution in [1.82, 2.24) is 9.78 Å². The molecular weight excluding hydrogens is 311 g/mol. The van der Waals surface area contributed by atoms with Crippen molar-refractivity contribution in [3.8, 4) is 0 Å². The van der Waals surface area contributed by atoms with Crippen LogP contribution in [-0.2, 0) is 13.0 Å². The van der Waals surface area contributed by atoms with Gasteiger partial charge in [0.2, 0.25) is 0 Å². The van der Waals surface area contributed by atoms with Crippen molar-refractivity contribution in [2.75, 3.05) is 0 Å². The van der Waals surface area contributed by atoms with Crippen molar-refractivity contribution in [1.29, 1.82) is 0 Å². The molecule has 1 N–H and O–H groups in total. The fourth-order valence-electron chi connectivity index (χ4n) is 2.08. The van der Waals surface area contributed by atoms with Crippen molar-refractivity contribution in [2.45, 2.75) is 32.9 Å². The predicted molar refractivity (Wildman–Crippen MR) is 75.4 cm³/mol. The van der Waals surface area contributed by atoms with E-state index in [1.807, 2.05) is 19.9 Å². The zero-order valence-electron chi connectivity index (χ0n) is 10.9. The molecule has 5 heteroatoms. The second-order valence-electron chi connectivity index (χ2n) is 4.49. The van der Waals surface area contributed by atoms with Crippen molar-refractivity contribution in [3.05, 3.63) is 51.5 Å². The summed E-state index contributed by atoms with van der Waals surface area (Å²) in [6.07, 6.45) is -0.206. The van der Waals surface area contributed by atoms with Crippen LogP contribution in [0.1, 0.15) is 30.0 Å². The highest BCUT2D eigenvalue weighted by atomic mass is 79.9. The third-order valence-electron chi connectivity index (χ3n) is 2.99. The topological polar surface area (TPSA) is 38.0 Å². The maximum atomic E-state index is 13.2. The fourth-order valence-corrected chi connectivity index (χ4v) is 2.51. The van der Waals surface area contributed by atoms with E-state index in [9.17, 15) is 9.50 Å². The standard InChI is InChI=1S/C14H16BrFN2O/c1-3-18-13(6-9(2)17-18)14(19)8-10-4-5-12(16)11(15)7-10/h4-7,14,19H,3,8H2,1-2H3. The van der Waals surface area contributed by atoms with E-state index < -0.39 is 6.10 Å². The molecule has 1 aromatic carbocycles. The summed E-state index contributed by atoms with van der Waals surface area (Å²) in [7, 11) is 0. The van der Waals surface area contributed by atoms with Gasteiger partial charge in [-0.3, -0.25) is 4.68 Å². The van der Waals surface area contributed by atoms with E-state index in [2.05, 4.69) is 21.0 Å². The molecule has 102 valence electrons. The van der Waals surface area contributed by atoms with Crippen molar-refractivity contribution in [3.63, 3.8) is 0 Å². The number of aliphatic hydroxyl groups excluding tert-OH is 1. The van der Waals surface area contributed by atoms with Gasteiger partial charge in [0.05, 0.1) is 22.0 Å². The van der Waals surface area contributed by atoms with E-state index in [-0.39, 0.29) is 5.82 Å².